The summed E-state index contributed by atoms with van der Waals surface area (Å²) < 4.78 is 5.84. The number of para-hydroxylation sites is 1. The van der Waals surface area contributed by atoms with Crippen molar-refractivity contribution in [3.63, 3.8) is 0 Å². The van der Waals surface area contributed by atoms with Crippen LogP contribution in [0.25, 0.3) is 11.0 Å². The van der Waals surface area contributed by atoms with Gasteiger partial charge in [-0.3, -0.25) is 0 Å². The maximum Gasteiger partial charge on any atom is 0.137 e. The van der Waals surface area contributed by atoms with Gasteiger partial charge in [-0.25, -0.2) is 0 Å². The molecule has 1 saturated carbocycles. The molecule has 0 aliphatic heterocycles. The number of hydrogen-bond donors (Lipinski definition) is 1. The summed E-state index contributed by atoms with van der Waals surface area (Å²) in [6.07, 6.45) is 6.18. The van der Waals surface area contributed by atoms with Crippen LogP contribution in [0, 0.1) is 6.92 Å². The number of furan rings is 1. The van der Waals surface area contributed by atoms with E-state index < -0.39 is 6.10 Å². The summed E-state index contributed by atoms with van der Waals surface area (Å²) in [7, 11) is 0. The van der Waals surface area contributed by atoms with E-state index in [1.54, 1.807) is 0 Å². The first-order chi connectivity index (χ1) is 9.74. The summed E-state index contributed by atoms with van der Waals surface area (Å²) >= 11 is 1.90. The van der Waals surface area contributed by atoms with Gasteiger partial charge in [-0.05, 0) is 31.4 Å². The van der Waals surface area contributed by atoms with E-state index >= 15 is 0 Å². The van der Waals surface area contributed by atoms with E-state index in [1.807, 2.05) is 43.0 Å². The maximum absolute atomic E-state index is 10.3. The first-order valence-corrected chi connectivity index (χ1v) is 8.57. The molecule has 0 bridgehead atoms. The highest BCUT2D eigenvalue weighted by Gasteiger charge is 2.19. The van der Waals surface area contributed by atoms with Gasteiger partial charge in [0.25, 0.3) is 0 Å². The van der Waals surface area contributed by atoms with Crippen molar-refractivity contribution in [3.05, 3.63) is 35.6 Å². The SMILES string of the molecule is Cc1cccc2cc(C(O)CSC3CCCCC3)oc12. The molecule has 3 rings (SSSR count). The lowest BCUT2D eigenvalue weighted by atomic mass is 10.0. The summed E-state index contributed by atoms with van der Waals surface area (Å²) in [5.41, 5.74) is 2.03. The predicted octanol–water partition coefficient (Wildman–Crippen LogP) is 4.84. The van der Waals surface area contributed by atoms with Gasteiger partial charge in [-0.15, -0.1) is 0 Å². The predicted molar refractivity (Wildman–Crippen MR) is 85.2 cm³/mol. The van der Waals surface area contributed by atoms with Crippen LogP contribution in [0.15, 0.2) is 28.7 Å². The molecule has 2 nitrogen and oxygen atoms in total. The first kappa shape index (κ1) is 14.0. The van der Waals surface area contributed by atoms with E-state index in [0.29, 0.717) is 5.76 Å². The van der Waals surface area contributed by atoms with Crippen LogP contribution in [0.5, 0.6) is 0 Å². The minimum Gasteiger partial charge on any atom is -0.458 e. The number of thioether (sulfide) groups is 1. The van der Waals surface area contributed by atoms with Gasteiger partial charge in [0.2, 0.25) is 0 Å². The minimum atomic E-state index is -0.492. The van der Waals surface area contributed by atoms with Gasteiger partial charge in [0.05, 0.1) is 0 Å². The van der Waals surface area contributed by atoms with Crippen molar-refractivity contribution in [2.75, 3.05) is 5.75 Å². The van der Waals surface area contributed by atoms with E-state index in [2.05, 4.69) is 0 Å². The van der Waals surface area contributed by atoms with Crippen LogP contribution in [0.3, 0.4) is 0 Å². The Hall–Kier alpha value is -0.930. The number of benzene rings is 1. The van der Waals surface area contributed by atoms with Gasteiger partial charge in [-0.1, -0.05) is 37.5 Å². The summed E-state index contributed by atoms with van der Waals surface area (Å²) in [6, 6.07) is 8.09. The molecule has 2 aromatic rings. The molecule has 0 spiro atoms. The van der Waals surface area contributed by atoms with Crippen molar-refractivity contribution in [1.82, 2.24) is 0 Å². The number of hydrogen-bond acceptors (Lipinski definition) is 3. The zero-order valence-corrected chi connectivity index (χ0v) is 12.8. The van der Waals surface area contributed by atoms with Crippen LogP contribution in [0.1, 0.15) is 49.5 Å². The minimum absolute atomic E-state index is 0.492. The molecule has 0 saturated heterocycles. The van der Waals surface area contributed by atoms with Crippen LogP contribution in [0.4, 0.5) is 0 Å². The highest BCUT2D eigenvalue weighted by molar-refractivity contribution is 7.99. The molecule has 3 heteroatoms. The van der Waals surface area contributed by atoms with E-state index in [0.717, 1.165) is 27.5 Å². The van der Waals surface area contributed by atoms with Gasteiger partial charge < -0.3 is 9.52 Å². The fourth-order valence-electron chi connectivity index (χ4n) is 2.93. The van der Waals surface area contributed by atoms with Crippen LogP contribution in [-0.4, -0.2) is 16.1 Å². The molecular formula is C17H22O2S. The Kier molecular flexibility index (Phi) is 4.37. The summed E-state index contributed by atoms with van der Waals surface area (Å²) in [5.74, 6) is 1.45. The van der Waals surface area contributed by atoms with E-state index in [4.69, 9.17) is 4.42 Å². The number of rotatable bonds is 4. The fraction of sp³-hybridized carbons (Fsp3) is 0.529. The van der Waals surface area contributed by atoms with Crippen molar-refractivity contribution < 1.29 is 9.52 Å². The summed E-state index contributed by atoms with van der Waals surface area (Å²) in [5, 5.41) is 12.1. The van der Waals surface area contributed by atoms with Crippen molar-refractivity contribution in [2.45, 2.75) is 50.4 Å². The topological polar surface area (TPSA) is 33.4 Å². The number of aliphatic hydroxyl groups excluding tert-OH is 1. The summed E-state index contributed by atoms with van der Waals surface area (Å²) in [4.78, 5) is 0. The van der Waals surface area contributed by atoms with Crippen LogP contribution in [-0.2, 0) is 0 Å². The lowest BCUT2D eigenvalue weighted by Gasteiger charge is -2.21. The lowest BCUT2D eigenvalue weighted by molar-refractivity contribution is 0.176. The van der Waals surface area contributed by atoms with Crippen molar-refractivity contribution in [1.29, 1.82) is 0 Å². The van der Waals surface area contributed by atoms with Crippen LogP contribution < -0.4 is 0 Å². The second-order valence-corrected chi connectivity index (χ2v) is 7.08. The Bertz CT molecular complexity index is 569. The third kappa shape index (κ3) is 3.04. The number of aryl methyl sites for hydroxylation is 1. The third-order valence-electron chi connectivity index (χ3n) is 4.13. The molecule has 1 unspecified atom stereocenters. The van der Waals surface area contributed by atoms with Gasteiger partial charge in [-0.2, -0.15) is 11.8 Å². The lowest BCUT2D eigenvalue weighted by Crippen LogP contribution is -2.11. The average Bonchev–Trinajstić information content (AvgIpc) is 2.91. The van der Waals surface area contributed by atoms with Crippen LogP contribution in [0.2, 0.25) is 0 Å². The second kappa shape index (κ2) is 6.23. The standard InChI is InChI=1S/C17H22O2S/c1-12-6-5-7-13-10-16(19-17(12)13)15(18)11-20-14-8-3-2-4-9-14/h5-7,10,14-15,18H,2-4,8-9,11H2,1H3. The Morgan fingerprint density at radius 2 is 2.10 bits per heavy atom. The van der Waals surface area contributed by atoms with Crippen molar-refractivity contribution >= 4 is 22.7 Å². The smallest absolute Gasteiger partial charge is 0.137 e. The van der Waals surface area contributed by atoms with Gasteiger partial charge in [0, 0.05) is 16.4 Å². The highest BCUT2D eigenvalue weighted by Crippen LogP contribution is 2.33. The fourth-order valence-corrected chi connectivity index (χ4v) is 4.22. The molecule has 108 valence electrons. The summed E-state index contributed by atoms with van der Waals surface area (Å²) in [6.45, 7) is 2.04. The van der Waals surface area contributed by atoms with Gasteiger partial charge >= 0.3 is 0 Å². The largest absolute Gasteiger partial charge is 0.458 e. The van der Waals surface area contributed by atoms with E-state index in [-0.39, 0.29) is 0 Å². The van der Waals surface area contributed by atoms with Crippen LogP contribution >= 0.6 is 11.8 Å². The molecule has 1 aromatic heterocycles. The van der Waals surface area contributed by atoms with Gasteiger partial charge in [0.15, 0.2) is 0 Å². The Labute approximate surface area is 124 Å². The quantitative estimate of drug-likeness (QED) is 0.874. The highest BCUT2D eigenvalue weighted by atomic mass is 32.2. The molecular weight excluding hydrogens is 268 g/mol. The molecule has 1 fully saturated rings. The average molecular weight is 290 g/mol. The monoisotopic (exact) mass is 290 g/mol. The molecule has 1 aliphatic carbocycles. The molecule has 1 aliphatic rings. The molecule has 1 N–H and O–H groups in total. The Balaban J connectivity index is 1.65. The maximum atomic E-state index is 10.3. The Morgan fingerprint density at radius 3 is 2.85 bits per heavy atom. The number of aliphatic hydroxyl groups is 1. The zero-order valence-electron chi connectivity index (χ0n) is 12.0. The molecule has 20 heavy (non-hydrogen) atoms. The van der Waals surface area contributed by atoms with E-state index in [1.165, 1.54) is 32.1 Å². The van der Waals surface area contributed by atoms with Crippen molar-refractivity contribution in [3.8, 4) is 0 Å². The normalized spacial score (nSPS) is 18.5. The molecule has 0 amide bonds. The first-order valence-electron chi connectivity index (χ1n) is 7.53. The molecule has 1 atom stereocenters. The molecule has 1 heterocycles. The van der Waals surface area contributed by atoms with Crippen molar-refractivity contribution in [2.24, 2.45) is 0 Å². The molecule has 1 aromatic carbocycles. The van der Waals surface area contributed by atoms with Gasteiger partial charge in [0.1, 0.15) is 17.4 Å². The molecule has 0 radical (unpaired) electrons. The van der Waals surface area contributed by atoms with E-state index in [9.17, 15) is 5.11 Å². The number of fused-ring (bicyclic) bond motifs is 1. The zero-order chi connectivity index (χ0) is 13.9. The third-order valence-corrected chi connectivity index (χ3v) is 5.58. The Morgan fingerprint density at radius 1 is 1.30 bits per heavy atom. The second-order valence-electron chi connectivity index (χ2n) is 5.75.